The molecule has 0 spiro atoms. The number of thioether (sulfide) groups is 1. The molecule has 0 saturated heterocycles. The van der Waals surface area contributed by atoms with Crippen molar-refractivity contribution in [3.8, 4) is 0 Å². The van der Waals surface area contributed by atoms with Crippen LogP contribution in [-0.4, -0.2) is 30.0 Å². The van der Waals surface area contributed by atoms with Gasteiger partial charge < -0.3 is 5.32 Å². The molecule has 0 aliphatic heterocycles. The Kier molecular flexibility index (Phi) is 5.53. The molecule has 2 N–H and O–H groups in total. The second-order valence-electron chi connectivity index (χ2n) is 3.70. The molecule has 1 aliphatic carbocycles. The zero-order valence-corrected chi connectivity index (χ0v) is 9.86. The third-order valence-electron chi connectivity index (χ3n) is 2.48. The summed E-state index contributed by atoms with van der Waals surface area (Å²) >= 11 is 1.67. The van der Waals surface area contributed by atoms with Crippen molar-refractivity contribution in [2.45, 2.75) is 37.4 Å². The highest BCUT2D eigenvalue weighted by atomic mass is 32.2. The van der Waals surface area contributed by atoms with Crippen LogP contribution in [0.3, 0.4) is 0 Å². The molecule has 4 nitrogen and oxygen atoms in total. The fraction of sp³-hybridized carbons (Fsp3) is 0.800. The molecule has 0 aromatic heterocycles. The van der Waals surface area contributed by atoms with Gasteiger partial charge in [-0.1, -0.05) is 19.3 Å². The average molecular weight is 230 g/mol. The van der Waals surface area contributed by atoms with Crippen LogP contribution in [0.4, 0.5) is 4.79 Å². The van der Waals surface area contributed by atoms with Gasteiger partial charge in [0.25, 0.3) is 0 Å². The van der Waals surface area contributed by atoms with Gasteiger partial charge in [0.1, 0.15) is 0 Å². The molecular weight excluding hydrogens is 212 g/mol. The van der Waals surface area contributed by atoms with Crippen LogP contribution in [-0.2, 0) is 4.79 Å². The lowest BCUT2D eigenvalue weighted by atomic mass is 10.0. The maximum Gasteiger partial charge on any atom is 0.321 e. The molecular formula is C10H18N2O2S. The van der Waals surface area contributed by atoms with E-state index in [9.17, 15) is 9.59 Å². The van der Waals surface area contributed by atoms with Crippen molar-refractivity contribution in [1.29, 1.82) is 0 Å². The normalized spacial score (nSPS) is 17.1. The molecule has 0 aromatic rings. The molecule has 0 bridgehead atoms. The van der Waals surface area contributed by atoms with Gasteiger partial charge in [0.2, 0.25) is 5.91 Å². The quantitative estimate of drug-likeness (QED) is 0.772. The number of carbonyl (C=O) groups is 2. The van der Waals surface area contributed by atoms with Gasteiger partial charge in [0, 0.05) is 12.3 Å². The lowest BCUT2D eigenvalue weighted by Gasteiger charge is -2.20. The van der Waals surface area contributed by atoms with Gasteiger partial charge in [-0.3, -0.25) is 10.1 Å². The summed E-state index contributed by atoms with van der Waals surface area (Å²) in [6.45, 7) is 0. The number of carbonyl (C=O) groups excluding carboxylic acids is 2. The Hall–Kier alpha value is -0.710. The van der Waals surface area contributed by atoms with E-state index in [2.05, 4.69) is 10.6 Å². The van der Waals surface area contributed by atoms with Crippen molar-refractivity contribution >= 4 is 23.7 Å². The van der Waals surface area contributed by atoms with Crippen LogP contribution in [0.15, 0.2) is 0 Å². The molecule has 1 fully saturated rings. The fourth-order valence-corrected chi connectivity index (χ4v) is 2.78. The summed E-state index contributed by atoms with van der Waals surface area (Å²) < 4.78 is 0. The standard InChI is InChI=1S/C10H18N2O2S/c1-11-10(14)12-9(13)7-15-8-5-3-2-4-6-8/h8H,2-7H2,1H3,(H2,11,12,13,14). The van der Waals surface area contributed by atoms with Crippen LogP contribution in [0.25, 0.3) is 0 Å². The Morgan fingerprint density at radius 2 is 1.93 bits per heavy atom. The molecule has 1 aliphatic rings. The molecule has 0 radical (unpaired) electrons. The van der Waals surface area contributed by atoms with E-state index in [0.29, 0.717) is 11.0 Å². The largest absolute Gasteiger partial charge is 0.341 e. The Labute approximate surface area is 94.6 Å². The molecule has 1 rings (SSSR count). The van der Waals surface area contributed by atoms with Gasteiger partial charge in [-0.05, 0) is 12.8 Å². The maximum absolute atomic E-state index is 11.3. The van der Waals surface area contributed by atoms with E-state index in [1.165, 1.54) is 39.2 Å². The van der Waals surface area contributed by atoms with Crippen LogP contribution in [0.1, 0.15) is 32.1 Å². The van der Waals surface area contributed by atoms with Crippen molar-refractivity contribution in [2.24, 2.45) is 0 Å². The molecule has 86 valence electrons. The van der Waals surface area contributed by atoms with Crippen LogP contribution in [0.5, 0.6) is 0 Å². The van der Waals surface area contributed by atoms with Crippen LogP contribution in [0, 0.1) is 0 Å². The molecule has 0 heterocycles. The highest BCUT2D eigenvalue weighted by Crippen LogP contribution is 2.27. The smallest absolute Gasteiger partial charge is 0.321 e. The van der Waals surface area contributed by atoms with Crippen LogP contribution < -0.4 is 10.6 Å². The summed E-state index contributed by atoms with van der Waals surface area (Å²) in [5, 5.41) is 5.22. The van der Waals surface area contributed by atoms with Gasteiger partial charge >= 0.3 is 6.03 Å². The number of urea groups is 1. The zero-order chi connectivity index (χ0) is 11.1. The van der Waals surface area contributed by atoms with Crippen LogP contribution >= 0.6 is 11.8 Å². The number of nitrogens with one attached hydrogen (secondary N) is 2. The minimum absolute atomic E-state index is 0.204. The van der Waals surface area contributed by atoms with Gasteiger partial charge in [-0.15, -0.1) is 11.8 Å². The SMILES string of the molecule is CNC(=O)NC(=O)CSC1CCCCC1. The van der Waals surface area contributed by atoms with E-state index in [0.717, 1.165) is 0 Å². The van der Waals surface area contributed by atoms with Gasteiger partial charge in [0.15, 0.2) is 0 Å². The van der Waals surface area contributed by atoms with E-state index in [-0.39, 0.29) is 5.91 Å². The first kappa shape index (κ1) is 12.4. The summed E-state index contributed by atoms with van der Waals surface area (Å²) in [4.78, 5) is 22.1. The van der Waals surface area contributed by atoms with Crippen molar-refractivity contribution in [3.63, 3.8) is 0 Å². The third-order valence-corrected chi connectivity index (χ3v) is 3.85. The predicted octanol–water partition coefficient (Wildman–Crippen LogP) is 1.51. The topological polar surface area (TPSA) is 58.2 Å². The first-order valence-electron chi connectivity index (χ1n) is 5.35. The maximum atomic E-state index is 11.3. The van der Waals surface area contributed by atoms with Crippen molar-refractivity contribution in [2.75, 3.05) is 12.8 Å². The van der Waals surface area contributed by atoms with Crippen molar-refractivity contribution in [3.05, 3.63) is 0 Å². The van der Waals surface area contributed by atoms with Gasteiger partial charge in [0.05, 0.1) is 5.75 Å². The third kappa shape index (κ3) is 5.06. The monoisotopic (exact) mass is 230 g/mol. The summed E-state index contributed by atoms with van der Waals surface area (Å²) in [6.07, 6.45) is 6.28. The number of hydrogen-bond donors (Lipinski definition) is 2. The summed E-state index contributed by atoms with van der Waals surface area (Å²) in [5.74, 6) is 0.183. The summed E-state index contributed by atoms with van der Waals surface area (Å²) in [6, 6.07) is -0.427. The Morgan fingerprint density at radius 1 is 1.27 bits per heavy atom. The summed E-state index contributed by atoms with van der Waals surface area (Å²) in [5.41, 5.74) is 0. The predicted molar refractivity (Wildman–Crippen MR) is 61.9 cm³/mol. The van der Waals surface area contributed by atoms with E-state index in [4.69, 9.17) is 0 Å². The first-order chi connectivity index (χ1) is 7.22. The van der Waals surface area contributed by atoms with E-state index < -0.39 is 6.03 Å². The van der Waals surface area contributed by atoms with E-state index in [1.807, 2.05) is 0 Å². The second-order valence-corrected chi connectivity index (χ2v) is 4.99. The van der Waals surface area contributed by atoms with Crippen molar-refractivity contribution in [1.82, 2.24) is 10.6 Å². The number of amides is 3. The Morgan fingerprint density at radius 3 is 2.53 bits per heavy atom. The van der Waals surface area contributed by atoms with Crippen LogP contribution in [0.2, 0.25) is 0 Å². The Bertz CT molecular complexity index is 227. The lowest BCUT2D eigenvalue weighted by molar-refractivity contribution is -0.117. The molecule has 0 unspecified atom stereocenters. The molecule has 15 heavy (non-hydrogen) atoms. The van der Waals surface area contributed by atoms with Gasteiger partial charge in [-0.25, -0.2) is 4.79 Å². The molecule has 5 heteroatoms. The number of hydrogen-bond acceptors (Lipinski definition) is 3. The Balaban J connectivity index is 2.12. The summed E-state index contributed by atoms with van der Waals surface area (Å²) in [7, 11) is 1.50. The molecule has 1 saturated carbocycles. The number of rotatable bonds is 3. The molecule has 0 aromatic carbocycles. The first-order valence-corrected chi connectivity index (χ1v) is 6.40. The lowest BCUT2D eigenvalue weighted by Crippen LogP contribution is -2.38. The second kappa shape index (κ2) is 6.71. The van der Waals surface area contributed by atoms with Gasteiger partial charge in [-0.2, -0.15) is 0 Å². The highest BCUT2D eigenvalue weighted by molar-refractivity contribution is 8.00. The van der Waals surface area contributed by atoms with Crippen molar-refractivity contribution < 1.29 is 9.59 Å². The fourth-order valence-electron chi connectivity index (χ4n) is 1.65. The zero-order valence-electron chi connectivity index (χ0n) is 9.04. The molecule has 3 amide bonds. The van der Waals surface area contributed by atoms with E-state index in [1.54, 1.807) is 11.8 Å². The minimum Gasteiger partial charge on any atom is -0.341 e. The minimum atomic E-state index is -0.427. The highest BCUT2D eigenvalue weighted by Gasteiger charge is 2.15. The molecule has 0 atom stereocenters. The number of imide groups is 1. The van der Waals surface area contributed by atoms with E-state index >= 15 is 0 Å². The average Bonchev–Trinajstić information content (AvgIpc) is 2.27.